The van der Waals surface area contributed by atoms with Crippen molar-refractivity contribution < 1.29 is 14.6 Å². The lowest BCUT2D eigenvalue weighted by Gasteiger charge is -2.14. The summed E-state index contributed by atoms with van der Waals surface area (Å²) in [6.07, 6.45) is 2.78. The van der Waals surface area contributed by atoms with Gasteiger partial charge in [-0.1, -0.05) is 22.9 Å². The molecule has 0 saturated heterocycles. The third-order valence-corrected chi connectivity index (χ3v) is 3.61. The van der Waals surface area contributed by atoms with Gasteiger partial charge in [0.15, 0.2) is 11.5 Å². The Morgan fingerprint density at radius 1 is 1.25 bits per heavy atom. The van der Waals surface area contributed by atoms with Crippen LogP contribution in [0.15, 0.2) is 16.6 Å². The molecule has 2 N–H and O–H groups in total. The number of hydrogen-bond donors (Lipinski definition) is 2. The summed E-state index contributed by atoms with van der Waals surface area (Å²) in [5.74, 6) is 1.53. The van der Waals surface area contributed by atoms with Crippen molar-refractivity contribution in [1.29, 1.82) is 0 Å². The molecule has 0 aliphatic carbocycles. The molecule has 0 aromatic heterocycles. The number of aliphatic hydroxyl groups is 1. The molecular formula is C15H24BrNO3. The first-order valence-electron chi connectivity index (χ1n) is 7.03. The molecule has 0 aliphatic rings. The van der Waals surface area contributed by atoms with Crippen molar-refractivity contribution in [2.75, 3.05) is 26.9 Å². The third-order valence-electron chi connectivity index (χ3n) is 2.87. The van der Waals surface area contributed by atoms with E-state index >= 15 is 0 Å². The Morgan fingerprint density at radius 2 is 2.05 bits per heavy atom. The zero-order valence-electron chi connectivity index (χ0n) is 12.2. The van der Waals surface area contributed by atoms with Gasteiger partial charge in [-0.15, -0.1) is 0 Å². The number of hydrogen-bond acceptors (Lipinski definition) is 4. The smallest absolute Gasteiger partial charge is 0.162 e. The quantitative estimate of drug-likeness (QED) is 0.639. The summed E-state index contributed by atoms with van der Waals surface area (Å²) in [5, 5.41) is 12.1. The lowest BCUT2D eigenvalue weighted by molar-refractivity contribution is 0.283. The molecule has 1 aromatic carbocycles. The van der Waals surface area contributed by atoms with E-state index in [1.165, 1.54) is 0 Å². The third kappa shape index (κ3) is 5.69. The van der Waals surface area contributed by atoms with Crippen LogP contribution in [0.25, 0.3) is 0 Å². The molecule has 0 saturated carbocycles. The predicted octanol–water partition coefficient (Wildman–Crippen LogP) is 3.11. The Morgan fingerprint density at radius 3 is 2.70 bits per heavy atom. The highest BCUT2D eigenvalue weighted by Crippen LogP contribution is 2.33. The molecule has 0 spiro atoms. The summed E-state index contributed by atoms with van der Waals surface area (Å²) in [7, 11) is 1.65. The summed E-state index contributed by atoms with van der Waals surface area (Å²) in [4.78, 5) is 0. The van der Waals surface area contributed by atoms with Gasteiger partial charge >= 0.3 is 0 Å². The summed E-state index contributed by atoms with van der Waals surface area (Å²) in [6, 6.07) is 3.95. The molecule has 4 nitrogen and oxygen atoms in total. The van der Waals surface area contributed by atoms with Gasteiger partial charge < -0.3 is 19.9 Å². The number of nitrogens with one attached hydrogen (secondary N) is 1. The summed E-state index contributed by atoms with van der Waals surface area (Å²) in [5.41, 5.74) is 1.13. The fourth-order valence-corrected chi connectivity index (χ4v) is 2.24. The van der Waals surface area contributed by atoms with Crippen molar-refractivity contribution in [3.63, 3.8) is 0 Å². The highest BCUT2D eigenvalue weighted by Gasteiger charge is 2.10. The van der Waals surface area contributed by atoms with E-state index in [0.717, 1.165) is 53.9 Å². The van der Waals surface area contributed by atoms with Crippen molar-refractivity contribution in [1.82, 2.24) is 5.32 Å². The molecule has 0 radical (unpaired) electrons. The Balaban J connectivity index is 2.62. The maximum absolute atomic E-state index is 8.73. The van der Waals surface area contributed by atoms with Crippen LogP contribution in [-0.4, -0.2) is 32.0 Å². The normalized spacial score (nSPS) is 10.6. The Kier molecular flexibility index (Phi) is 8.65. The number of rotatable bonds is 10. The number of unbranched alkanes of at least 4 members (excludes halogenated alkanes) is 1. The highest BCUT2D eigenvalue weighted by atomic mass is 79.9. The fraction of sp³-hybridized carbons (Fsp3) is 0.600. The Bertz CT molecular complexity index is 399. The maximum atomic E-state index is 8.73. The molecule has 0 bridgehead atoms. The van der Waals surface area contributed by atoms with Crippen molar-refractivity contribution in [3.05, 3.63) is 22.2 Å². The van der Waals surface area contributed by atoms with E-state index in [2.05, 4.69) is 28.2 Å². The van der Waals surface area contributed by atoms with Gasteiger partial charge in [0.2, 0.25) is 0 Å². The van der Waals surface area contributed by atoms with Gasteiger partial charge in [0, 0.05) is 17.6 Å². The van der Waals surface area contributed by atoms with E-state index in [-0.39, 0.29) is 6.61 Å². The van der Waals surface area contributed by atoms with Gasteiger partial charge in [0.05, 0.1) is 13.7 Å². The van der Waals surface area contributed by atoms with Crippen molar-refractivity contribution in [2.24, 2.45) is 0 Å². The second-order valence-corrected chi connectivity index (χ2v) is 5.40. The Hall–Kier alpha value is -0.780. The van der Waals surface area contributed by atoms with Gasteiger partial charge in [0.25, 0.3) is 0 Å². The van der Waals surface area contributed by atoms with E-state index in [4.69, 9.17) is 14.6 Å². The molecule has 1 rings (SSSR count). The average Bonchev–Trinajstić information content (AvgIpc) is 2.46. The minimum atomic E-state index is 0.253. The van der Waals surface area contributed by atoms with Crippen LogP contribution in [0.5, 0.6) is 11.5 Å². The van der Waals surface area contributed by atoms with Gasteiger partial charge in [-0.25, -0.2) is 0 Å². The van der Waals surface area contributed by atoms with Gasteiger partial charge in [-0.2, -0.15) is 0 Å². The van der Waals surface area contributed by atoms with Crippen LogP contribution in [0.2, 0.25) is 0 Å². The highest BCUT2D eigenvalue weighted by molar-refractivity contribution is 9.10. The molecular weight excluding hydrogens is 322 g/mol. The summed E-state index contributed by atoms with van der Waals surface area (Å²) < 4.78 is 12.1. The number of methoxy groups -OCH3 is 1. The van der Waals surface area contributed by atoms with Crippen LogP contribution in [0.1, 0.15) is 31.7 Å². The maximum Gasteiger partial charge on any atom is 0.162 e. The summed E-state index contributed by atoms with van der Waals surface area (Å²) >= 11 is 3.57. The molecule has 0 amide bonds. The second kappa shape index (κ2) is 10.0. The van der Waals surface area contributed by atoms with Crippen molar-refractivity contribution >= 4 is 15.9 Å². The largest absolute Gasteiger partial charge is 0.493 e. The minimum absolute atomic E-state index is 0.253. The zero-order valence-corrected chi connectivity index (χ0v) is 13.8. The molecule has 114 valence electrons. The average molecular weight is 346 g/mol. The standard InChI is InChI=1S/C15H24BrNO3/c1-3-8-20-15-10-13(16)12(9-14(15)19-2)11-17-6-4-5-7-18/h9-10,17-18H,3-8,11H2,1-2H3. The monoisotopic (exact) mass is 345 g/mol. The number of aliphatic hydroxyl groups excluding tert-OH is 1. The summed E-state index contributed by atoms with van der Waals surface area (Å²) in [6.45, 7) is 4.66. The molecule has 0 aliphatic heterocycles. The number of halogens is 1. The molecule has 20 heavy (non-hydrogen) atoms. The van der Waals surface area contributed by atoms with Crippen LogP contribution >= 0.6 is 15.9 Å². The first-order chi connectivity index (χ1) is 9.72. The van der Waals surface area contributed by atoms with E-state index in [1.807, 2.05) is 12.1 Å². The van der Waals surface area contributed by atoms with E-state index in [0.29, 0.717) is 6.61 Å². The molecule has 1 aromatic rings. The van der Waals surface area contributed by atoms with E-state index < -0.39 is 0 Å². The van der Waals surface area contributed by atoms with Gasteiger partial charge in [0.1, 0.15) is 0 Å². The van der Waals surface area contributed by atoms with Crippen molar-refractivity contribution in [2.45, 2.75) is 32.7 Å². The minimum Gasteiger partial charge on any atom is -0.493 e. The van der Waals surface area contributed by atoms with Crippen LogP contribution in [-0.2, 0) is 6.54 Å². The lowest BCUT2D eigenvalue weighted by Crippen LogP contribution is -2.15. The molecule has 0 unspecified atom stereocenters. The second-order valence-electron chi connectivity index (χ2n) is 4.55. The lowest BCUT2D eigenvalue weighted by atomic mass is 10.2. The first-order valence-corrected chi connectivity index (χ1v) is 7.83. The zero-order chi connectivity index (χ0) is 14.8. The van der Waals surface area contributed by atoms with Gasteiger partial charge in [-0.3, -0.25) is 0 Å². The fourth-order valence-electron chi connectivity index (χ4n) is 1.78. The molecule has 0 atom stereocenters. The van der Waals surface area contributed by atoms with Crippen LogP contribution < -0.4 is 14.8 Å². The van der Waals surface area contributed by atoms with Gasteiger partial charge in [-0.05, 0) is 43.5 Å². The van der Waals surface area contributed by atoms with Crippen molar-refractivity contribution in [3.8, 4) is 11.5 Å². The van der Waals surface area contributed by atoms with Crippen LogP contribution in [0.4, 0.5) is 0 Å². The topological polar surface area (TPSA) is 50.7 Å². The molecule has 0 fully saturated rings. The first kappa shape index (κ1) is 17.3. The van der Waals surface area contributed by atoms with E-state index in [9.17, 15) is 0 Å². The Labute approximate surface area is 129 Å². The molecule has 0 heterocycles. The SMILES string of the molecule is CCCOc1cc(Br)c(CNCCCCO)cc1OC. The van der Waals surface area contributed by atoms with E-state index in [1.54, 1.807) is 7.11 Å². The predicted molar refractivity (Wildman–Crippen MR) is 84.5 cm³/mol. The van der Waals surface area contributed by atoms with Crippen LogP contribution in [0.3, 0.4) is 0 Å². The van der Waals surface area contributed by atoms with Crippen LogP contribution in [0, 0.1) is 0 Å². The molecule has 5 heteroatoms. The number of benzene rings is 1. The number of ether oxygens (including phenoxy) is 2.